The van der Waals surface area contributed by atoms with Gasteiger partial charge in [0, 0.05) is 12.1 Å². The minimum Gasteiger partial charge on any atom is -0.395 e. The van der Waals surface area contributed by atoms with Crippen LogP contribution in [-0.4, -0.2) is 6.04 Å². The zero-order valence-electron chi connectivity index (χ0n) is 9.55. The van der Waals surface area contributed by atoms with E-state index >= 15 is 0 Å². The number of nitrogen functional groups attached to an aromatic ring is 1. The number of nitrogens with two attached hydrogens (primary N) is 1. The van der Waals surface area contributed by atoms with Gasteiger partial charge in [0.1, 0.15) is 5.82 Å². The molecule has 92 valence electrons. The maximum atomic E-state index is 13.3. The first kappa shape index (κ1) is 10.8. The summed E-state index contributed by atoms with van der Waals surface area (Å²) in [5, 5.41) is 3.22. The highest BCUT2D eigenvalue weighted by Gasteiger charge is 2.39. The van der Waals surface area contributed by atoms with Crippen molar-refractivity contribution in [2.24, 2.45) is 11.8 Å². The van der Waals surface area contributed by atoms with Crippen LogP contribution >= 0.6 is 0 Å². The number of rotatable bonds is 2. The number of fused-ring (bicyclic) bond motifs is 2. The molecular weight excluding hydrogens is 222 g/mol. The maximum Gasteiger partial charge on any atom is 0.151 e. The van der Waals surface area contributed by atoms with Gasteiger partial charge in [-0.2, -0.15) is 0 Å². The molecule has 0 aliphatic heterocycles. The van der Waals surface area contributed by atoms with Crippen LogP contribution in [0.4, 0.5) is 20.2 Å². The second-order valence-corrected chi connectivity index (χ2v) is 5.27. The summed E-state index contributed by atoms with van der Waals surface area (Å²) in [5.74, 6) is 0.167. The summed E-state index contributed by atoms with van der Waals surface area (Å²) in [6.07, 6.45) is 4.87. The molecule has 17 heavy (non-hydrogen) atoms. The zero-order chi connectivity index (χ0) is 12.0. The normalized spacial score (nSPS) is 30.8. The van der Waals surface area contributed by atoms with Crippen LogP contribution in [0.2, 0.25) is 0 Å². The Morgan fingerprint density at radius 3 is 2.65 bits per heavy atom. The van der Waals surface area contributed by atoms with Crippen molar-refractivity contribution < 1.29 is 8.78 Å². The first-order valence-electron chi connectivity index (χ1n) is 6.14. The van der Waals surface area contributed by atoms with Crippen LogP contribution in [0.1, 0.15) is 25.7 Å². The van der Waals surface area contributed by atoms with E-state index in [-0.39, 0.29) is 5.69 Å². The fraction of sp³-hybridized carbons (Fsp3) is 0.538. The van der Waals surface area contributed by atoms with E-state index in [0.717, 1.165) is 18.4 Å². The van der Waals surface area contributed by atoms with Crippen LogP contribution in [0.15, 0.2) is 12.1 Å². The summed E-state index contributed by atoms with van der Waals surface area (Å²) < 4.78 is 26.4. The van der Waals surface area contributed by atoms with Gasteiger partial charge in [-0.1, -0.05) is 6.42 Å². The zero-order valence-corrected chi connectivity index (χ0v) is 9.55. The molecule has 3 rings (SSSR count). The molecule has 0 aromatic heterocycles. The Kier molecular flexibility index (Phi) is 2.45. The molecular formula is C13H16F2N2. The van der Waals surface area contributed by atoms with E-state index in [1.807, 2.05) is 0 Å². The van der Waals surface area contributed by atoms with Gasteiger partial charge in [0.25, 0.3) is 0 Å². The highest BCUT2D eigenvalue weighted by atomic mass is 19.1. The molecule has 2 aliphatic rings. The van der Waals surface area contributed by atoms with Crippen molar-refractivity contribution >= 4 is 11.4 Å². The van der Waals surface area contributed by atoms with Gasteiger partial charge in [-0.05, 0) is 37.2 Å². The summed E-state index contributed by atoms with van der Waals surface area (Å²) in [6.45, 7) is 0. The lowest BCUT2D eigenvalue weighted by Gasteiger charge is -2.24. The van der Waals surface area contributed by atoms with Gasteiger partial charge in [-0.15, -0.1) is 0 Å². The van der Waals surface area contributed by atoms with Gasteiger partial charge in [-0.25, -0.2) is 8.78 Å². The van der Waals surface area contributed by atoms with Crippen LogP contribution in [0.3, 0.4) is 0 Å². The molecule has 3 unspecified atom stereocenters. The Bertz CT molecular complexity index is 447. The Hall–Kier alpha value is -1.32. The molecule has 0 saturated heterocycles. The van der Waals surface area contributed by atoms with Gasteiger partial charge in [0.15, 0.2) is 5.82 Å². The fourth-order valence-corrected chi connectivity index (χ4v) is 3.33. The van der Waals surface area contributed by atoms with Gasteiger partial charge in [0.05, 0.1) is 11.4 Å². The molecule has 0 radical (unpaired) electrons. The molecule has 0 amide bonds. The molecule has 3 N–H and O–H groups in total. The van der Waals surface area contributed by atoms with E-state index < -0.39 is 11.6 Å². The average Bonchev–Trinajstić information content (AvgIpc) is 2.87. The van der Waals surface area contributed by atoms with Crippen LogP contribution in [0, 0.1) is 23.5 Å². The Balaban J connectivity index is 1.81. The van der Waals surface area contributed by atoms with E-state index in [0.29, 0.717) is 17.6 Å². The summed E-state index contributed by atoms with van der Waals surface area (Å²) in [4.78, 5) is 0. The first-order chi connectivity index (χ1) is 8.13. The largest absolute Gasteiger partial charge is 0.395 e. The molecule has 2 nitrogen and oxygen atoms in total. The second kappa shape index (κ2) is 3.86. The van der Waals surface area contributed by atoms with Crippen LogP contribution in [-0.2, 0) is 0 Å². The van der Waals surface area contributed by atoms with Crippen molar-refractivity contribution in [1.29, 1.82) is 0 Å². The van der Waals surface area contributed by atoms with Crippen molar-refractivity contribution in [3.63, 3.8) is 0 Å². The fourth-order valence-electron chi connectivity index (χ4n) is 3.33. The number of hydrogen-bond acceptors (Lipinski definition) is 2. The van der Waals surface area contributed by atoms with Crippen molar-refractivity contribution in [3.8, 4) is 0 Å². The van der Waals surface area contributed by atoms with E-state index in [9.17, 15) is 8.78 Å². The van der Waals surface area contributed by atoms with E-state index in [1.54, 1.807) is 0 Å². The summed E-state index contributed by atoms with van der Waals surface area (Å²) in [6, 6.07) is 2.43. The quantitative estimate of drug-likeness (QED) is 0.777. The third-order valence-corrected chi connectivity index (χ3v) is 4.17. The average molecular weight is 238 g/mol. The molecule has 1 aromatic rings. The predicted molar refractivity (Wildman–Crippen MR) is 63.6 cm³/mol. The third-order valence-electron chi connectivity index (χ3n) is 4.17. The molecule has 2 bridgehead atoms. The van der Waals surface area contributed by atoms with Crippen molar-refractivity contribution in [3.05, 3.63) is 23.8 Å². The lowest BCUT2D eigenvalue weighted by atomic mass is 9.95. The summed E-state index contributed by atoms with van der Waals surface area (Å²) in [7, 11) is 0. The SMILES string of the molecule is Nc1c(F)cc(F)cc1NC1CC2CCC1C2. The highest BCUT2D eigenvalue weighted by molar-refractivity contribution is 5.67. The molecule has 2 aliphatic carbocycles. The van der Waals surface area contributed by atoms with Crippen molar-refractivity contribution in [1.82, 2.24) is 0 Å². The van der Waals surface area contributed by atoms with E-state index in [4.69, 9.17) is 5.73 Å². The topological polar surface area (TPSA) is 38.0 Å². The number of nitrogens with one attached hydrogen (secondary N) is 1. The van der Waals surface area contributed by atoms with Crippen LogP contribution in [0.25, 0.3) is 0 Å². The van der Waals surface area contributed by atoms with Gasteiger partial charge in [-0.3, -0.25) is 0 Å². The molecule has 4 heteroatoms. The van der Waals surface area contributed by atoms with Gasteiger partial charge in [0.2, 0.25) is 0 Å². The van der Waals surface area contributed by atoms with Crippen molar-refractivity contribution in [2.45, 2.75) is 31.7 Å². The minimum absolute atomic E-state index is 0.0224. The smallest absolute Gasteiger partial charge is 0.151 e. The molecule has 2 saturated carbocycles. The number of anilines is 2. The maximum absolute atomic E-state index is 13.3. The molecule has 1 aromatic carbocycles. The van der Waals surface area contributed by atoms with E-state index in [2.05, 4.69) is 5.32 Å². The highest BCUT2D eigenvalue weighted by Crippen LogP contribution is 2.46. The lowest BCUT2D eigenvalue weighted by molar-refractivity contribution is 0.439. The van der Waals surface area contributed by atoms with Gasteiger partial charge >= 0.3 is 0 Å². The standard InChI is InChI=1S/C13H16F2N2/c14-9-5-10(15)13(16)12(6-9)17-11-4-7-1-2-8(11)3-7/h5-8,11,17H,1-4,16H2. The van der Waals surface area contributed by atoms with Crippen LogP contribution < -0.4 is 11.1 Å². The lowest BCUT2D eigenvalue weighted by Crippen LogP contribution is -2.26. The Morgan fingerprint density at radius 1 is 1.18 bits per heavy atom. The monoisotopic (exact) mass is 238 g/mol. The number of benzene rings is 1. The molecule has 2 fully saturated rings. The molecule has 0 spiro atoms. The van der Waals surface area contributed by atoms with Crippen LogP contribution in [0.5, 0.6) is 0 Å². The first-order valence-corrected chi connectivity index (χ1v) is 6.14. The summed E-state index contributed by atoms with van der Waals surface area (Å²) in [5.41, 5.74) is 6.05. The van der Waals surface area contributed by atoms with E-state index in [1.165, 1.54) is 25.3 Å². The van der Waals surface area contributed by atoms with Crippen molar-refractivity contribution in [2.75, 3.05) is 11.1 Å². The molecule has 0 heterocycles. The predicted octanol–water partition coefficient (Wildman–Crippen LogP) is 3.15. The summed E-state index contributed by atoms with van der Waals surface area (Å²) >= 11 is 0. The Labute approximate surface area is 99.2 Å². The number of hydrogen-bond donors (Lipinski definition) is 2. The Morgan fingerprint density at radius 2 is 2.00 bits per heavy atom. The van der Waals surface area contributed by atoms with Gasteiger partial charge < -0.3 is 11.1 Å². The third kappa shape index (κ3) is 1.85. The molecule has 3 atom stereocenters. The number of halogens is 2. The minimum atomic E-state index is -0.685. The second-order valence-electron chi connectivity index (χ2n) is 5.27.